The summed E-state index contributed by atoms with van der Waals surface area (Å²) in [6.07, 6.45) is 1.61. The summed E-state index contributed by atoms with van der Waals surface area (Å²) in [7, 11) is 1.82. The van der Waals surface area contributed by atoms with Crippen molar-refractivity contribution < 1.29 is 14.0 Å². The molecular formula is C15H20FN3O2. The minimum atomic E-state index is -0.549. The van der Waals surface area contributed by atoms with Crippen LogP contribution in [0.1, 0.15) is 19.3 Å². The smallest absolute Gasteiger partial charge is 0.249 e. The van der Waals surface area contributed by atoms with E-state index in [9.17, 15) is 14.0 Å². The normalized spacial score (nSPS) is 18.1. The van der Waals surface area contributed by atoms with Crippen molar-refractivity contribution in [2.75, 3.05) is 25.0 Å². The molecule has 1 saturated heterocycles. The summed E-state index contributed by atoms with van der Waals surface area (Å²) in [6.45, 7) is 1.18. The van der Waals surface area contributed by atoms with Crippen LogP contribution in [-0.4, -0.2) is 38.0 Å². The van der Waals surface area contributed by atoms with Crippen LogP contribution in [-0.2, 0) is 9.59 Å². The molecule has 5 nitrogen and oxygen atoms in total. The van der Waals surface area contributed by atoms with E-state index in [2.05, 4.69) is 10.6 Å². The van der Waals surface area contributed by atoms with Crippen LogP contribution in [0.3, 0.4) is 0 Å². The Labute approximate surface area is 123 Å². The molecule has 0 aromatic heterocycles. The molecule has 0 saturated carbocycles. The van der Waals surface area contributed by atoms with Crippen LogP contribution in [0.2, 0.25) is 0 Å². The Morgan fingerprint density at radius 3 is 2.90 bits per heavy atom. The largest absolute Gasteiger partial charge is 0.344 e. The van der Waals surface area contributed by atoms with E-state index in [4.69, 9.17) is 0 Å². The highest BCUT2D eigenvalue weighted by Crippen LogP contribution is 2.24. The molecule has 1 fully saturated rings. The quantitative estimate of drug-likeness (QED) is 0.771. The summed E-state index contributed by atoms with van der Waals surface area (Å²) in [5, 5.41) is 5.69. The van der Waals surface area contributed by atoms with Gasteiger partial charge < -0.3 is 15.5 Å². The average Bonchev–Trinajstić information content (AvgIpc) is 2.81. The van der Waals surface area contributed by atoms with E-state index in [-0.39, 0.29) is 17.5 Å². The maximum Gasteiger partial charge on any atom is 0.249 e. The molecule has 114 valence electrons. The van der Waals surface area contributed by atoms with Crippen LogP contribution in [0, 0.1) is 5.82 Å². The minimum Gasteiger partial charge on any atom is -0.344 e. The highest BCUT2D eigenvalue weighted by atomic mass is 19.1. The van der Waals surface area contributed by atoms with Gasteiger partial charge in [-0.15, -0.1) is 0 Å². The van der Waals surface area contributed by atoms with E-state index in [1.54, 1.807) is 18.2 Å². The molecule has 2 amide bonds. The van der Waals surface area contributed by atoms with Gasteiger partial charge in [0.25, 0.3) is 0 Å². The number of carbonyl (C=O) groups excluding carboxylic acids is 2. The van der Waals surface area contributed by atoms with Crippen molar-refractivity contribution in [3.05, 3.63) is 30.1 Å². The molecule has 1 unspecified atom stereocenters. The van der Waals surface area contributed by atoms with E-state index in [0.717, 1.165) is 13.0 Å². The number of nitrogens with one attached hydrogen (secondary N) is 2. The van der Waals surface area contributed by atoms with Gasteiger partial charge in [0.15, 0.2) is 0 Å². The molecule has 0 radical (unpaired) electrons. The fourth-order valence-corrected chi connectivity index (χ4v) is 2.42. The topological polar surface area (TPSA) is 61.4 Å². The van der Waals surface area contributed by atoms with Gasteiger partial charge >= 0.3 is 0 Å². The minimum absolute atomic E-state index is 0.140. The fraction of sp³-hybridized carbons (Fsp3) is 0.467. The van der Waals surface area contributed by atoms with E-state index < -0.39 is 11.9 Å². The molecule has 6 heteroatoms. The van der Waals surface area contributed by atoms with Crippen LogP contribution >= 0.6 is 0 Å². The second-order valence-corrected chi connectivity index (χ2v) is 5.06. The lowest BCUT2D eigenvalue weighted by Gasteiger charge is -2.17. The lowest BCUT2D eigenvalue weighted by atomic mass is 10.2. The van der Waals surface area contributed by atoms with Crippen molar-refractivity contribution in [3.8, 4) is 0 Å². The van der Waals surface area contributed by atoms with Gasteiger partial charge in [-0.05, 0) is 38.6 Å². The zero-order valence-electron chi connectivity index (χ0n) is 12.1. The van der Waals surface area contributed by atoms with Crippen LogP contribution < -0.4 is 15.5 Å². The molecule has 1 aliphatic heterocycles. The summed E-state index contributed by atoms with van der Waals surface area (Å²) < 4.78 is 13.7. The Bertz CT molecular complexity index is 521. The second-order valence-electron chi connectivity index (χ2n) is 5.06. The van der Waals surface area contributed by atoms with Gasteiger partial charge in [-0.3, -0.25) is 9.59 Å². The Morgan fingerprint density at radius 2 is 2.19 bits per heavy atom. The number of hydrogen-bond donors (Lipinski definition) is 2. The predicted octanol–water partition coefficient (Wildman–Crippen LogP) is 1.05. The number of hydrogen-bond acceptors (Lipinski definition) is 3. The molecule has 2 rings (SSSR count). The first-order valence-electron chi connectivity index (χ1n) is 7.13. The molecule has 21 heavy (non-hydrogen) atoms. The summed E-state index contributed by atoms with van der Waals surface area (Å²) in [5.74, 6) is -0.812. The summed E-state index contributed by atoms with van der Waals surface area (Å²) in [6, 6.07) is 5.62. The molecule has 1 heterocycles. The highest BCUT2D eigenvalue weighted by Gasteiger charge is 2.34. The SMILES string of the molecule is CNCCCC(=O)NC1CCN(c2ccccc2F)C1=O. The third kappa shape index (κ3) is 3.78. The van der Waals surface area contributed by atoms with Gasteiger partial charge in [0.1, 0.15) is 11.9 Å². The number of nitrogens with zero attached hydrogens (tertiary/aromatic N) is 1. The van der Waals surface area contributed by atoms with E-state index >= 15 is 0 Å². The molecule has 1 aromatic carbocycles. The monoisotopic (exact) mass is 293 g/mol. The van der Waals surface area contributed by atoms with Gasteiger partial charge in [0.2, 0.25) is 11.8 Å². The van der Waals surface area contributed by atoms with Crippen LogP contribution in [0.15, 0.2) is 24.3 Å². The number of anilines is 1. The fourth-order valence-electron chi connectivity index (χ4n) is 2.42. The third-order valence-corrected chi connectivity index (χ3v) is 3.51. The van der Waals surface area contributed by atoms with E-state index in [1.165, 1.54) is 11.0 Å². The van der Waals surface area contributed by atoms with Crippen molar-refractivity contribution in [1.29, 1.82) is 0 Å². The molecule has 2 N–H and O–H groups in total. The lowest BCUT2D eigenvalue weighted by Crippen LogP contribution is -2.41. The van der Waals surface area contributed by atoms with Gasteiger partial charge in [-0.2, -0.15) is 0 Å². The van der Waals surface area contributed by atoms with Gasteiger partial charge in [0, 0.05) is 13.0 Å². The third-order valence-electron chi connectivity index (χ3n) is 3.51. The first kappa shape index (κ1) is 15.4. The molecule has 1 aliphatic rings. The predicted molar refractivity (Wildman–Crippen MR) is 78.5 cm³/mol. The highest BCUT2D eigenvalue weighted by molar-refractivity contribution is 6.01. The zero-order chi connectivity index (χ0) is 15.2. The lowest BCUT2D eigenvalue weighted by molar-refractivity contribution is -0.126. The molecular weight excluding hydrogens is 273 g/mol. The first-order chi connectivity index (χ1) is 10.1. The molecule has 1 atom stereocenters. The zero-order valence-corrected chi connectivity index (χ0v) is 12.1. The number of benzene rings is 1. The number of para-hydroxylation sites is 1. The molecule has 0 aliphatic carbocycles. The maximum absolute atomic E-state index is 13.7. The molecule has 1 aromatic rings. The van der Waals surface area contributed by atoms with Crippen molar-refractivity contribution >= 4 is 17.5 Å². The summed E-state index contributed by atoms with van der Waals surface area (Å²) in [5.41, 5.74) is 0.273. The Hall–Kier alpha value is -1.95. The van der Waals surface area contributed by atoms with Gasteiger partial charge in [0.05, 0.1) is 5.69 Å². The number of carbonyl (C=O) groups is 2. The van der Waals surface area contributed by atoms with E-state index in [0.29, 0.717) is 19.4 Å². The van der Waals surface area contributed by atoms with Crippen LogP contribution in [0.5, 0.6) is 0 Å². The van der Waals surface area contributed by atoms with Crippen LogP contribution in [0.25, 0.3) is 0 Å². The molecule has 0 bridgehead atoms. The first-order valence-corrected chi connectivity index (χ1v) is 7.13. The summed E-state index contributed by atoms with van der Waals surface area (Å²) >= 11 is 0. The Kier molecular flexibility index (Phi) is 5.27. The van der Waals surface area contributed by atoms with Crippen molar-refractivity contribution in [1.82, 2.24) is 10.6 Å². The van der Waals surface area contributed by atoms with Crippen molar-refractivity contribution in [2.24, 2.45) is 0 Å². The Balaban J connectivity index is 1.93. The maximum atomic E-state index is 13.7. The summed E-state index contributed by atoms with van der Waals surface area (Å²) in [4.78, 5) is 25.4. The van der Waals surface area contributed by atoms with Gasteiger partial charge in [-0.25, -0.2) is 4.39 Å². The number of halogens is 1. The Morgan fingerprint density at radius 1 is 1.43 bits per heavy atom. The second kappa shape index (κ2) is 7.17. The van der Waals surface area contributed by atoms with E-state index in [1.807, 2.05) is 7.05 Å². The van der Waals surface area contributed by atoms with Crippen molar-refractivity contribution in [2.45, 2.75) is 25.3 Å². The van der Waals surface area contributed by atoms with Gasteiger partial charge in [-0.1, -0.05) is 12.1 Å². The average molecular weight is 293 g/mol. The molecule has 0 spiro atoms. The standard InChI is InChI=1S/C15H20FN3O2/c1-17-9-4-7-14(20)18-12-8-10-19(15(12)21)13-6-3-2-5-11(13)16/h2-3,5-6,12,17H,4,7-10H2,1H3,(H,18,20). The van der Waals surface area contributed by atoms with Crippen LogP contribution in [0.4, 0.5) is 10.1 Å². The number of amides is 2. The van der Waals surface area contributed by atoms with Crippen molar-refractivity contribution in [3.63, 3.8) is 0 Å². The number of rotatable bonds is 6.